The second kappa shape index (κ2) is 3.89. The molecule has 0 saturated carbocycles. The predicted octanol–water partition coefficient (Wildman–Crippen LogP) is 0.548. The molecule has 0 bridgehead atoms. The van der Waals surface area contributed by atoms with Gasteiger partial charge in [-0.25, -0.2) is 4.79 Å². The van der Waals surface area contributed by atoms with Crippen molar-refractivity contribution >= 4 is 17.4 Å². The largest absolute Gasteiger partial charge is 0.475 e. The zero-order valence-electron chi connectivity index (χ0n) is 7.57. The zero-order chi connectivity index (χ0) is 10.7. The first-order valence-electron chi connectivity index (χ1n) is 3.91. The van der Waals surface area contributed by atoms with Gasteiger partial charge in [-0.15, -0.1) is 0 Å². The number of carbonyl (C=O) groups excluding carboxylic acids is 1. The molecule has 1 aromatic rings. The molecule has 1 aromatic carbocycles. The molecule has 5 heteroatoms. The quantitative estimate of drug-likeness (QED) is 0.283. The van der Waals surface area contributed by atoms with Crippen molar-refractivity contribution in [2.75, 3.05) is 5.43 Å². The smallest absolute Gasteiger partial charge is 0.377 e. The Hall–Kier alpha value is -1.88. The van der Waals surface area contributed by atoms with E-state index >= 15 is 0 Å². The Labute approximate surface area is 80.5 Å². The van der Waals surface area contributed by atoms with E-state index < -0.39 is 11.8 Å². The van der Waals surface area contributed by atoms with Crippen LogP contribution in [-0.4, -0.2) is 16.9 Å². The standard InChI is InChI=1S/C9H10N2O3/c1-5-2-3-6(4-7(5)11-10)8(12)9(13)14/h2-4,11H,10H2,1H3,(H,13,14). The molecule has 0 aliphatic heterocycles. The maximum absolute atomic E-state index is 11.1. The predicted molar refractivity (Wildman–Crippen MR) is 51.0 cm³/mol. The topological polar surface area (TPSA) is 92.4 Å². The molecule has 14 heavy (non-hydrogen) atoms. The number of Topliss-reactive ketones (excluding diaryl/α,β-unsaturated/α-hetero) is 1. The fourth-order valence-corrected chi connectivity index (χ4v) is 1.04. The molecule has 0 unspecified atom stereocenters. The monoisotopic (exact) mass is 194 g/mol. The Morgan fingerprint density at radius 3 is 2.57 bits per heavy atom. The number of rotatable bonds is 3. The average Bonchev–Trinajstić information content (AvgIpc) is 2.17. The second-order valence-corrected chi connectivity index (χ2v) is 2.81. The molecule has 0 aromatic heterocycles. The van der Waals surface area contributed by atoms with Crippen LogP contribution in [0.1, 0.15) is 15.9 Å². The van der Waals surface area contributed by atoms with Gasteiger partial charge in [-0.1, -0.05) is 12.1 Å². The van der Waals surface area contributed by atoms with Crippen molar-refractivity contribution in [1.82, 2.24) is 0 Å². The first-order chi connectivity index (χ1) is 6.56. The Morgan fingerprint density at radius 1 is 1.43 bits per heavy atom. The van der Waals surface area contributed by atoms with E-state index in [9.17, 15) is 9.59 Å². The summed E-state index contributed by atoms with van der Waals surface area (Å²) in [5.74, 6) is 2.77. The van der Waals surface area contributed by atoms with Gasteiger partial charge in [0.2, 0.25) is 0 Å². The molecule has 0 aliphatic carbocycles. The van der Waals surface area contributed by atoms with Gasteiger partial charge in [0.05, 0.1) is 5.69 Å². The molecule has 4 N–H and O–H groups in total. The van der Waals surface area contributed by atoms with E-state index in [1.54, 1.807) is 13.0 Å². The van der Waals surface area contributed by atoms with Crippen molar-refractivity contribution in [2.24, 2.45) is 5.84 Å². The van der Waals surface area contributed by atoms with Gasteiger partial charge in [-0.3, -0.25) is 10.6 Å². The van der Waals surface area contributed by atoms with E-state index in [0.29, 0.717) is 5.69 Å². The number of nitrogen functional groups attached to an aromatic ring is 1. The number of hydrogen-bond acceptors (Lipinski definition) is 4. The Morgan fingerprint density at radius 2 is 2.07 bits per heavy atom. The number of carbonyl (C=O) groups is 2. The molecular weight excluding hydrogens is 184 g/mol. The van der Waals surface area contributed by atoms with Gasteiger partial charge >= 0.3 is 5.97 Å². The van der Waals surface area contributed by atoms with Crippen LogP contribution in [0.4, 0.5) is 5.69 Å². The van der Waals surface area contributed by atoms with Crippen LogP contribution in [0.15, 0.2) is 18.2 Å². The molecule has 0 amide bonds. The lowest BCUT2D eigenvalue weighted by molar-refractivity contribution is -0.131. The molecule has 0 aliphatic rings. The molecule has 0 atom stereocenters. The number of aryl methyl sites for hydroxylation is 1. The van der Waals surface area contributed by atoms with Gasteiger partial charge in [0.25, 0.3) is 5.78 Å². The summed E-state index contributed by atoms with van der Waals surface area (Å²) in [5, 5.41) is 8.47. The number of nitrogens with two attached hydrogens (primary N) is 1. The van der Waals surface area contributed by atoms with Gasteiger partial charge in [0.15, 0.2) is 0 Å². The SMILES string of the molecule is Cc1ccc(C(=O)C(=O)O)cc1NN. The molecular formula is C9H10N2O3. The minimum Gasteiger partial charge on any atom is -0.475 e. The Balaban J connectivity index is 3.12. The number of aliphatic carboxylic acids is 1. The number of hydrogen-bond donors (Lipinski definition) is 3. The lowest BCUT2D eigenvalue weighted by Gasteiger charge is -2.05. The van der Waals surface area contributed by atoms with Crippen LogP contribution < -0.4 is 11.3 Å². The van der Waals surface area contributed by atoms with E-state index in [1.807, 2.05) is 0 Å². The van der Waals surface area contributed by atoms with Gasteiger partial charge in [-0.05, 0) is 18.6 Å². The summed E-state index contributed by atoms with van der Waals surface area (Å²) in [6.45, 7) is 1.80. The maximum atomic E-state index is 11.1. The number of ketones is 1. The highest BCUT2D eigenvalue weighted by Crippen LogP contribution is 2.15. The van der Waals surface area contributed by atoms with Crippen LogP contribution in [0.2, 0.25) is 0 Å². The van der Waals surface area contributed by atoms with E-state index in [1.165, 1.54) is 12.1 Å². The third-order valence-electron chi connectivity index (χ3n) is 1.85. The van der Waals surface area contributed by atoms with Gasteiger partial charge in [0, 0.05) is 5.56 Å². The third kappa shape index (κ3) is 1.89. The third-order valence-corrected chi connectivity index (χ3v) is 1.85. The number of benzene rings is 1. The van der Waals surface area contributed by atoms with E-state index in [-0.39, 0.29) is 5.56 Å². The van der Waals surface area contributed by atoms with E-state index in [2.05, 4.69) is 5.43 Å². The maximum Gasteiger partial charge on any atom is 0.377 e. The lowest BCUT2D eigenvalue weighted by atomic mass is 10.1. The molecule has 0 spiro atoms. The summed E-state index contributed by atoms with van der Waals surface area (Å²) >= 11 is 0. The zero-order valence-corrected chi connectivity index (χ0v) is 7.57. The highest BCUT2D eigenvalue weighted by atomic mass is 16.4. The van der Waals surface area contributed by atoms with Gasteiger partial charge in [-0.2, -0.15) is 0 Å². The van der Waals surface area contributed by atoms with Crippen LogP contribution in [-0.2, 0) is 4.79 Å². The van der Waals surface area contributed by atoms with Crippen LogP contribution >= 0.6 is 0 Å². The van der Waals surface area contributed by atoms with Crippen molar-refractivity contribution < 1.29 is 14.7 Å². The minimum absolute atomic E-state index is 0.107. The molecule has 0 radical (unpaired) electrons. The van der Waals surface area contributed by atoms with E-state index in [0.717, 1.165) is 5.56 Å². The summed E-state index contributed by atoms with van der Waals surface area (Å²) in [4.78, 5) is 21.4. The Bertz CT molecular complexity index is 388. The van der Waals surface area contributed by atoms with Crippen LogP contribution in [0.25, 0.3) is 0 Å². The molecule has 0 heterocycles. The Kier molecular flexibility index (Phi) is 2.83. The molecule has 0 saturated heterocycles. The van der Waals surface area contributed by atoms with E-state index in [4.69, 9.17) is 10.9 Å². The van der Waals surface area contributed by atoms with Crippen molar-refractivity contribution in [2.45, 2.75) is 6.92 Å². The number of carboxylic acids is 1. The number of anilines is 1. The number of nitrogens with one attached hydrogen (secondary N) is 1. The highest BCUT2D eigenvalue weighted by molar-refractivity contribution is 6.40. The van der Waals surface area contributed by atoms with Gasteiger partial charge < -0.3 is 10.5 Å². The van der Waals surface area contributed by atoms with Crippen LogP contribution in [0, 0.1) is 6.92 Å². The summed E-state index contributed by atoms with van der Waals surface area (Å²) in [5.41, 5.74) is 3.87. The fourth-order valence-electron chi connectivity index (χ4n) is 1.04. The van der Waals surface area contributed by atoms with Crippen molar-refractivity contribution in [3.05, 3.63) is 29.3 Å². The summed E-state index contributed by atoms with van der Waals surface area (Å²) < 4.78 is 0. The number of hydrazine groups is 1. The minimum atomic E-state index is -1.48. The lowest BCUT2D eigenvalue weighted by Crippen LogP contribution is -2.14. The summed E-state index contributed by atoms with van der Waals surface area (Å²) in [6, 6.07) is 4.49. The summed E-state index contributed by atoms with van der Waals surface area (Å²) in [6.07, 6.45) is 0. The first kappa shape index (κ1) is 10.2. The molecule has 1 rings (SSSR count). The summed E-state index contributed by atoms with van der Waals surface area (Å²) in [7, 11) is 0. The fraction of sp³-hybridized carbons (Fsp3) is 0.111. The molecule has 74 valence electrons. The first-order valence-corrected chi connectivity index (χ1v) is 3.91. The van der Waals surface area contributed by atoms with Crippen molar-refractivity contribution in [1.29, 1.82) is 0 Å². The average molecular weight is 194 g/mol. The van der Waals surface area contributed by atoms with Gasteiger partial charge in [0.1, 0.15) is 0 Å². The van der Waals surface area contributed by atoms with Crippen molar-refractivity contribution in [3.8, 4) is 0 Å². The number of carboxylic acid groups (broad SMARTS) is 1. The second-order valence-electron chi connectivity index (χ2n) is 2.81. The molecule has 5 nitrogen and oxygen atoms in total. The normalized spacial score (nSPS) is 9.57. The van der Waals surface area contributed by atoms with Crippen LogP contribution in [0.3, 0.4) is 0 Å². The molecule has 0 fully saturated rings. The highest BCUT2D eigenvalue weighted by Gasteiger charge is 2.14. The van der Waals surface area contributed by atoms with Crippen LogP contribution in [0.5, 0.6) is 0 Å². The van der Waals surface area contributed by atoms with Crippen molar-refractivity contribution in [3.63, 3.8) is 0 Å².